The number of carboxylic acid groups (broad SMARTS) is 1. The summed E-state index contributed by atoms with van der Waals surface area (Å²) >= 11 is 0. The third kappa shape index (κ3) is 3.69. The molecule has 0 bridgehead atoms. The van der Waals surface area contributed by atoms with Crippen molar-refractivity contribution in [1.82, 2.24) is 4.98 Å². The maximum atomic E-state index is 11.1. The molecule has 0 unspecified atom stereocenters. The Balaban J connectivity index is 0.000000771. The summed E-state index contributed by atoms with van der Waals surface area (Å²) in [5.41, 5.74) is 1.66. The molecule has 0 atom stereocenters. The summed E-state index contributed by atoms with van der Waals surface area (Å²) in [5.74, 6) is -0.455. The number of aromatic nitrogens is 1. The molecular formula is C13H16N2O3. The molecule has 1 amide bonds. The number of fused-ring (bicyclic) bond motifs is 1. The first-order chi connectivity index (χ1) is 8.65. The van der Waals surface area contributed by atoms with Gasteiger partial charge in [0, 0.05) is 18.7 Å². The summed E-state index contributed by atoms with van der Waals surface area (Å²) in [6.45, 7) is 4.00. The molecule has 0 saturated heterocycles. The van der Waals surface area contributed by atoms with Crippen molar-refractivity contribution >= 4 is 23.8 Å². The van der Waals surface area contributed by atoms with Crippen molar-refractivity contribution in [2.45, 2.75) is 26.7 Å². The number of nitrogens with one attached hydrogen (secondary N) is 1. The van der Waals surface area contributed by atoms with Gasteiger partial charge in [0.05, 0.1) is 0 Å². The van der Waals surface area contributed by atoms with Crippen molar-refractivity contribution < 1.29 is 14.7 Å². The average Bonchev–Trinajstić information content (AvgIpc) is 2.38. The van der Waals surface area contributed by atoms with Gasteiger partial charge in [-0.25, -0.2) is 9.78 Å². The van der Waals surface area contributed by atoms with Crippen LogP contribution in [0.15, 0.2) is 18.3 Å². The van der Waals surface area contributed by atoms with Gasteiger partial charge in [0.15, 0.2) is 0 Å². The van der Waals surface area contributed by atoms with Crippen molar-refractivity contribution in [3.05, 3.63) is 29.5 Å². The molecule has 18 heavy (non-hydrogen) atoms. The molecule has 0 spiro atoms. The molecule has 0 aromatic carbocycles. The number of aliphatic carboxylic acids is 1. The normalized spacial score (nSPS) is 13.3. The van der Waals surface area contributed by atoms with Crippen LogP contribution in [0.4, 0.5) is 5.82 Å². The monoisotopic (exact) mass is 248 g/mol. The van der Waals surface area contributed by atoms with Gasteiger partial charge in [-0.15, -0.1) is 0 Å². The lowest BCUT2D eigenvalue weighted by atomic mass is 10.0. The van der Waals surface area contributed by atoms with E-state index >= 15 is 0 Å². The van der Waals surface area contributed by atoms with E-state index in [1.807, 2.05) is 19.9 Å². The number of hydrogen-bond acceptors (Lipinski definition) is 3. The van der Waals surface area contributed by atoms with Crippen molar-refractivity contribution in [1.29, 1.82) is 0 Å². The van der Waals surface area contributed by atoms with Gasteiger partial charge in [0.25, 0.3) is 0 Å². The predicted molar refractivity (Wildman–Crippen MR) is 69.2 cm³/mol. The number of rotatable bonds is 2. The van der Waals surface area contributed by atoms with Crippen LogP contribution in [0, 0.1) is 0 Å². The van der Waals surface area contributed by atoms with E-state index < -0.39 is 5.97 Å². The first-order valence-corrected chi connectivity index (χ1v) is 5.85. The molecule has 1 aliphatic heterocycles. The summed E-state index contributed by atoms with van der Waals surface area (Å²) in [5, 5.41) is 11.1. The van der Waals surface area contributed by atoms with Gasteiger partial charge in [-0.1, -0.05) is 13.8 Å². The Hall–Kier alpha value is -2.17. The number of carboxylic acids is 1. The zero-order valence-electron chi connectivity index (χ0n) is 10.4. The number of carbonyl (C=O) groups is 2. The fourth-order valence-electron chi connectivity index (χ4n) is 1.53. The molecule has 2 N–H and O–H groups in total. The molecule has 0 aliphatic carbocycles. The minimum atomic E-state index is -0.994. The van der Waals surface area contributed by atoms with Crippen LogP contribution in [-0.2, 0) is 16.0 Å². The van der Waals surface area contributed by atoms with Crippen LogP contribution in [0.25, 0.3) is 6.08 Å². The first kappa shape index (κ1) is 13.9. The van der Waals surface area contributed by atoms with Gasteiger partial charge in [-0.3, -0.25) is 4.79 Å². The summed E-state index contributed by atoms with van der Waals surface area (Å²) in [7, 11) is 0. The van der Waals surface area contributed by atoms with Crippen molar-refractivity contribution in [3.63, 3.8) is 0 Å². The minimum Gasteiger partial charge on any atom is -0.478 e. The fourth-order valence-corrected chi connectivity index (χ4v) is 1.53. The second-order valence-corrected chi connectivity index (χ2v) is 3.50. The number of anilines is 1. The quantitative estimate of drug-likeness (QED) is 0.785. The summed E-state index contributed by atoms with van der Waals surface area (Å²) in [6, 6.07) is 1.83. The Bertz CT molecular complexity index is 481. The Morgan fingerprint density at radius 2 is 2.17 bits per heavy atom. The highest BCUT2D eigenvalue weighted by Crippen LogP contribution is 2.21. The van der Waals surface area contributed by atoms with Gasteiger partial charge in [-0.2, -0.15) is 0 Å². The molecule has 5 heteroatoms. The maximum Gasteiger partial charge on any atom is 0.328 e. The topological polar surface area (TPSA) is 79.3 Å². The van der Waals surface area contributed by atoms with Crippen LogP contribution >= 0.6 is 0 Å². The Morgan fingerprint density at radius 1 is 1.44 bits per heavy atom. The largest absolute Gasteiger partial charge is 0.478 e. The zero-order chi connectivity index (χ0) is 13.5. The molecule has 0 saturated carbocycles. The number of hydrogen-bond donors (Lipinski definition) is 2. The third-order valence-corrected chi connectivity index (χ3v) is 2.29. The molecule has 1 aromatic rings. The fraction of sp³-hybridized carbons (Fsp3) is 0.308. The summed E-state index contributed by atoms with van der Waals surface area (Å²) in [6.07, 6.45) is 5.16. The molecule has 1 aromatic heterocycles. The van der Waals surface area contributed by atoms with E-state index in [0.29, 0.717) is 18.7 Å². The lowest BCUT2D eigenvalue weighted by Gasteiger charge is -2.15. The van der Waals surface area contributed by atoms with Crippen LogP contribution in [0.2, 0.25) is 0 Å². The smallest absolute Gasteiger partial charge is 0.328 e. The van der Waals surface area contributed by atoms with E-state index in [4.69, 9.17) is 5.11 Å². The molecule has 0 fully saturated rings. The third-order valence-electron chi connectivity index (χ3n) is 2.29. The Labute approximate surface area is 106 Å². The van der Waals surface area contributed by atoms with Crippen LogP contribution in [-0.4, -0.2) is 22.0 Å². The lowest BCUT2D eigenvalue weighted by Crippen LogP contribution is -2.20. The number of pyridine rings is 1. The Morgan fingerprint density at radius 3 is 2.83 bits per heavy atom. The molecule has 2 heterocycles. The minimum absolute atomic E-state index is 0.0335. The molecule has 5 nitrogen and oxygen atoms in total. The average molecular weight is 248 g/mol. The van der Waals surface area contributed by atoms with Crippen LogP contribution in [0.1, 0.15) is 31.4 Å². The van der Waals surface area contributed by atoms with Crippen molar-refractivity contribution in [2.75, 3.05) is 5.32 Å². The SMILES string of the molecule is CC.O=C(O)/C=C/c1cnc2c(c1)CCC(=O)N2. The summed E-state index contributed by atoms with van der Waals surface area (Å²) in [4.78, 5) is 25.5. The van der Waals surface area contributed by atoms with E-state index in [9.17, 15) is 9.59 Å². The maximum absolute atomic E-state index is 11.1. The number of carbonyl (C=O) groups excluding carboxylic acids is 1. The van der Waals surface area contributed by atoms with Crippen LogP contribution in [0.3, 0.4) is 0 Å². The van der Waals surface area contributed by atoms with Gasteiger partial charge in [0.2, 0.25) is 5.91 Å². The predicted octanol–water partition coefficient (Wildman–Crippen LogP) is 2.09. The second kappa shape index (κ2) is 6.54. The van der Waals surface area contributed by atoms with Crippen molar-refractivity contribution in [2.24, 2.45) is 0 Å². The van der Waals surface area contributed by atoms with Gasteiger partial charge >= 0.3 is 5.97 Å². The van der Waals surface area contributed by atoms with E-state index in [0.717, 1.165) is 17.2 Å². The van der Waals surface area contributed by atoms with E-state index in [-0.39, 0.29) is 5.91 Å². The van der Waals surface area contributed by atoms with Gasteiger partial charge in [-0.05, 0) is 29.7 Å². The number of amides is 1. The molecule has 0 radical (unpaired) electrons. The zero-order valence-corrected chi connectivity index (χ0v) is 10.4. The molecular weight excluding hydrogens is 232 g/mol. The number of nitrogens with zero attached hydrogens (tertiary/aromatic N) is 1. The van der Waals surface area contributed by atoms with E-state index in [2.05, 4.69) is 10.3 Å². The van der Waals surface area contributed by atoms with Crippen LogP contribution in [0.5, 0.6) is 0 Å². The van der Waals surface area contributed by atoms with E-state index in [1.165, 1.54) is 12.3 Å². The van der Waals surface area contributed by atoms with E-state index in [1.54, 1.807) is 0 Å². The second-order valence-electron chi connectivity index (χ2n) is 3.50. The van der Waals surface area contributed by atoms with Crippen LogP contribution < -0.4 is 5.32 Å². The highest BCUT2D eigenvalue weighted by atomic mass is 16.4. The standard InChI is InChI=1S/C11H10N2O3.C2H6/c14-9-3-2-8-5-7(1-4-10(15)16)6-12-11(8)13-9;1-2/h1,4-6H,2-3H2,(H,15,16)(H,12,13,14);1-2H3/b4-1+;. The molecule has 96 valence electrons. The molecule has 2 rings (SSSR count). The first-order valence-electron chi connectivity index (χ1n) is 5.85. The lowest BCUT2D eigenvalue weighted by molar-refractivity contribution is -0.131. The van der Waals surface area contributed by atoms with Crippen molar-refractivity contribution in [3.8, 4) is 0 Å². The summed E-state index contributed by atoms with van der Waals surface area (Å²) < 4.78 is 0. The Kier molecular flexibility index (Phi) is 5.05. The van der Waals surface area contributed by atoms with Gasteiger partial charge in [0.1, 0.15) is 5.82 Å². The van der Waals surface area contributed by atoms with Gasteiger partial charge < -0.3 is 10.4 Å². The number of aryl methyl sites for hydroxylation is 1. The molecule has 1 aliphatic rings. The highest BCUT2D eigenvalue weighted by molar-refractivity contribution is 5.93. The highest BCUT2D eigenvalue weighted by Gasteiger charge is 2.15.